The lowest BCUT2D eigenvalue weighted by atomic mass is 9.95. The van der Waals surface area contributed by atoms with E-state index in [1.54, 1.807) is 6.07 Å². The molecule has 1 amide bonds. The van der Waals surface area contributed by atoms with Gasteiger partial charge in [0.05, 0.1) is 24.3 Å². The zero-order chi connectivity index (χ0) is 16.8. The van der Waals surface area contributed by atoms with Crippen molar-refractivity contribution < 1.29 is 13.9 Å². The zero-order valence-corrected chi connectivity index (χ0v) is 14.2. The highest BCUT2D eigenvalue weighted by Gasteiger charge is 2.27. The summed E-state index contributed by atoms with van der Waals surface area (Å²) >= 11 is 5.75. The van der Waals surface area contributed by atoms with Crippen LogP contribution in [0.4, 0.5) is 4.39 Å². The number of benzene rings is 1. The minimum absolute atomic E-state index is 0.0178. The quantitative estimate of drug-likeness (QED) is 0.849. The first-order chi connectivity index (χ1) is 11.0. The number of carbonyl (C=O) groups excluding carboxylic acids is 1. The van der Waals surface area contributed by atoms with Crippen LogP contribution in [0.25, 0.3) is 0 Å². The number of carbonyl (C=O) groups is 1. The summed E-state index contributed by atoms with van der Waals surface area (Å²) < 4.78 is 19.6. The molecule has 1 heterocycles. The molecule has 2 N–H and O–H groups in total. The highest BCUT2D eigenvalue weighted by atomic mass is 35.5. The average Bonchev–Trinajstić information content (AvgIpc) is 2.72. The maximum atomic E-state index is 13.7. The van der Waals surface area contributed by atoms with Crippen molar-refractivity contribution in [2.24, 2.45) is 5.92 Å². The molecular formula is C16H23ClFN3O2. The Morgan fingerprint density at radius 3 is 3.00 bits per heavy atom. The second kappa shape index (κ2) is 8.59. The van der Waals surface area contributed by atoms with E-state index in [-0.39, 0.29) is 23.0 Å². The van der Waals surface area contributed by atoms with Crippen LogP contribution in [0.1, 0.15) is 11.7 Å². The monoisotopic (exact) mass is 343 g/mol. The lowest BCUT2D eigenvalue weighted by Gasteiger charge is -2.26. The molecule has 1 fully saturated rings. The predicted octanol–water partition coefficient (Wildman–Crippen LogP) is 1.43. The van der Waals surface area contributed by atoms with Crippen LogP contribution in [0.3, 0.4) is 0 Å². The van der Waals surface area contributed by atoms with E-state index in [9.17, 15) is 9.18 Å². The minimum atomic E-state index is -0.458. The van der Waals surface area contributed by atoms with E-state index >= 15 is 0 Å². The molecular weight excluding hydrogens is 321 g/mol. The Bertz CT molecular complexity index is 542. The second-order valence-electron chi connectivity index (χ2n) is 5.97. The molecule has 2 rings (SSSR count). The molecule has 0 aromatic heterocycles. The number of ether oxygens (including phenoxy) is 1. The van der Waals surface area contributed by atoms with Crippen molar-refractivity contribution >= 4 is 17.5 Å². The third-order valence-electron chi connectivity index (χ3n) is 3.70. The average molecular weight is 344 g/mol. The van der Waals surface area contributed by atoms with Crippen LogP contribution >= 0.6 is 11.6 Å². The number of amides is 1. The number of halogens is 2. The second-order valence-corrected chi connectivity index (χ2v) is 6.38. The molecule has 5 nitrogen and oxygen atoms in total. The molecule has 0 saturated carbocycles. The van der Waals surface area contributed by atoms with E-state index in [4.69, 9.17) is 16.3 Å². The Morgan fingerprint density at radius 2 is 2.30 bits per heavy atom. The van der Waals surface area contributed by atoms with Crippen LogP contribution in [-0.4, -0.2) is 57.7 Å². The van der Waals surface area contributed by atoms with E-state index in [1.165, 1.54) is 12.1 Å². The van der Waals surface area contributed by atoms with E-state index in [1.807, 2.05) is 19.0 Å². The van der Waals surface area contributed by atoms with Crippen LogP contribution in [0, 0.1) is 11.7 Å². The minimum Gasteiger partial charge on any atom is -0.372 e. The summed E-state index contributed by atoms with van der Waals surface area (Å²) in [5, 5.41) is 6.29. The summed E-state index contributed by atoms with van der Waals surface area (Å²) in [6.07, 6.45) is -0.281. The summed E-state index contributed by atoms with van der Waals surface area (Å²) in [6, 6.07) is 4.72. The topological polar surface area (TPSA) is 53.6 Å². The van der Waals surface area contributed by atoms with E-state index < -0.39 is 5.82 Å². The number of rotatable bonds is 5. The Labute approximate surface area is 141 Å². The third-order valence-corrected chi connectivity index (χ3v) is 4.01. The fourth-order valence-electron chi connectivity index (χ4n) is 2.61. The molecule has 1 aliphatic rings. The van der Waals surface area contributed by atoms with Crippen molar-refractivity contribution in [3.63, 3.8) is 0 Å². The van der Waals surface area contributed by atoms with Gasteiger partial charge in [-0.25, -0.2) is 4.39 Å². The summed E-state index contributed by atoms with van der Waals surface area (Å²) in [5.41, 5.74) is 0.738. The standard InChI is InChI=1S/C16H23ClFN3O2/c1-21(2)10-15(22)20-9-12-8-19-5-6-23-16(12)11-3-4-13(17)14(18)7-11/h3-4,7,12,16,19H,5-6,8-10H2,1-2H3,(H,20,22). The van der Waals surface area contributed by atoms with E-state index in [0.717, 1.165) is 12.1 Å². The Morgan fingerprint density at radius 1 is 1.52 bits per heavy atom. The van der Waals surface area contributed by atoms with Gasteiger partial charge < -0.3 is 20.3 Å². The lowest BCUT2D eigenvalue weighted by molar-refractivity contribution is -0.122. The van der Waals surface area contributed by atoms with Gasteiger partial charge in [0.15, 0.2) is 0 Å². The van der Waals surface area contributed by atoms with E-state index in [2.05, 4.69) is 10.6 Å². The molecule has 1 aliphatic heterocycles. The van der Waals surface area contributed by atoms with Gasteiger partial charge in [0.2, 0.25) is 5.91 Å². The van der Waals surface area contributed by atoms with E-state index in [0.29, 0.717) is 26.2 Å². The van der Waals surface area contributed by atoms with Gasteiger partial charge >= 0.3 is 0 Å². The van der Waals surface area contributed by atoms with Crippen LogP contribution in [0.5, 0.6) is 0 Å². The van der Waals surface area contributed by atoms with Gasteiger partial charge in [-0.2, -0.15) is 0 Å². The van der Waals surface area contributed by atoms with Crippen LogP contribution in [0.2, 0.25) is 5.02 Å². The molecule has 2 unspecified atom stereocenters. The molecule has 0 spiro atoms. The highest BCUT2D eigenvalue weighted by molar-refractivity contribution is 6.30. The number of nitrogens with zero attached hydrogens (tertiary/aromatic N) is 1. The molecule has 0 bridgehead atoms. The molecule has 2 atom stereocenters. The molecule has 1 saturated heterocycles. The molecule has 128 valence electrons. The van der Waals surface area contributed by atoms with Crippen molar-refractivity contribution in [1.82, 2.24) is 15.5 Å². The predicted molar refractivity (Wildman–Crippen MR) is 88.0 cm³/mol. The first kappa shape index (κ1) is 18.1. The van der Waals surface area contributed by atoms with Crippen LogP contribution < -0.4 is 10.6 Å². The molecule has 1 aromatic rings. The Kier molecular flexibility index (Phi) is 6.77. The van der Waals surface area contributed by atoms with Crippen molar-refractivity contribution in [3.8, 4) is 0 Å². The molecule has 0 aliphatic carbocycles. The SMILES string of the molecule is CN(C)CC(=O)NCC1CNCCOC1c1ccc(Cl)c(F)c1. The fraction of sp³-hybridized carbons (Fsp3) is 0.562. The van der Waals surface area contributed by atoms with Crippen molar-refractivity contribution in [2.75, 3.05) is 46.9 Å². The maximum Gasteiger partial charge on any atom is 0.234 e. The number of hydrogen-bond acceptors (Lipinski definition) is 4. The van der Waals surface area contributed by atoms with Gasteiger partial charge in [-0.3, -0.25) is 4.79 Å². The summed E-state index contributed by atoms with van der Waals surface area (Å²) in [7, 11) is 3.68. The van der Waals surface area contributed by atoms with Gasteiger partial charge in [0, 0.05) is 25.6 Å². The van der Waals surface area contributed by atoms with Crippen molar-refractivity contribution in [2.45, 2.75) is 6.10 Å². The normalized spacial score (nSPS) is 22.0. The number of likely N-dealkylation sites (N-methyl/N-ethyl adjacent to an activating group) is 1. The summed E-state index contributed by atoms with van der Waals surface area (Å²) in [5.74, 6) is -0.482. The fourth-order valence-corrected chi connectivity index (χ4v) is 2.73. The van der Waals surface area contributed by atoms with Gasteiger partial charge in [-0.15, -0.1) is 0 Å². The largest absolute Gasteiger partial charge is 0.372 e. The van der Waals surface area contributed by atoms with Gasteiger partial charge in [0.25, 0.3) is 0 Å². The number of nitrogens with one attached hydrogen (secondary N) is 2. The first-order valence-electron chi connectivity index (χ1n) is 7.66. The third kappa shape index (κ3) is 5.42. The van der Waals surface area contributed by atoms with Crippen molar-refractivity contribution in [1.29, 1.82) is 0 Å². The lowest BCUT2D eigenvalue weighted by Crippen LogP contribution is -2.40. The van der Waals surface area contributed by atoms with Gasteiger partial charge in [-0.1, -0.05) is 17.7 Å². The van der Waals surface area contributed by atoms with Gasteiger partial charge in [0.1, 0.15) is 5.82 Å². The van der Waals surface area contributed by atoms with Gasteiger partial charge in [-0.05, 0) is 31.8 Å². The number of hydrogen-bond donors (Lipinski definition) is 2. The molecule has 0 radical (unpaired) electrons. The van der Waals surface area contributed by atoms with Crippen LogP contribution in [-0.2, 0) is 9.53 Å². The Balaban J connectivity index is 2.07. The first-order valence-corrected chi connectivity index (χ1v) is 8.04. The summed E-state index contributed by atoms with van der Waals surface area (Å²) in [6.45, 7) is 2.76. The maximum absolute atomic E-state index is 13.7. The zero-order valence-electron chi connectivity index (χ0n) is 13.4. The molecule has 23 heavy (non-hydrogen) atoms. The smallest absolute Gasteiger partial charge is 0.234 e. The summed E-state index contributed by atoms with van der Waals surface area (Å²) in [4.78, 5) is 13.6. The highest BCUT2D eigenvalue weighted by Crippen LogP contribution is 2.29. The van der Waals surface area contributed by atoms with Crippen molar-refractivity contribution in [3.05, 3.63) is 34.6 Å². The van der Waals surface area contributed by atoms with Crippen LogP contribution in [0.15, 0.2) is 18.2 Å². The Hall–Kier alpha value is -1.21. The molecule has 7 heteroatoms. The molecule has 1 aromatic carbocycles.